The van der Waals surface area contributed by atoms with Crippen molar-refractivity contribution in [2.75, 3.05) is 7.11 Å². The molecule has 4 fully saturated rings. The molecule has 0 N–H and O–H groups in total. The Balaban J connectivity index is 1.71. The molecule has 5 aliphatic rings. The normalized spacial score (nSPS) is 43.8. The van der Waals surface area contributed by atoms with Crippen molar-refractivity contribution < 1.29 is 23.9 Å². The number of hydrogen-bond acceptors (Lipinski definition) is 5. The minimum atomic E-state index is -0.795. The van der Waals surface area contributed by atoms with Gasteiger partial charge in [0.2, 0.25) is 11.6 Å². The van der Waals surface area contributed by atoms with Gasteiger partial charge in [0.05, 0.1) is 12.5 Å². The number of hydrogen-bond donors (Lipinski definition) is 0. The van der Waals surface area contributed by atoms with Crippen molar-refractivity contribution in [2.45, 2.75) is 120 Å². The van der Waals surface area contributed by atoms with Gasteiger partial charge in [0.1, 0.15) is 0 Å². The molecule has 0 spiro atoms. The van der Waals surface area contributed by atoms with E-state index in [1.807, 2.05) is 26.0 Å². The number of allylic oxidation sites excluding steroid dienone is 4. The Morgan fingerprint density at radius 1 is 0.976 bits per heavy atom. The van der Waals surface area contributed by atoms with Crippen LogP contribution in [0.1, 0.15) is 120 Å². The summed E-state index contributed by atoms with van der Waals surface area (Å²) < 4.78 is 5.45. The van der Waals surface area contributed by atoms with Gasteiger partial charge < -0.3 is 4.74 Å². The maximum atomic E-state index is 14.6. The highest BCUT2D eigenvalue weighted by atomic mass is 16.5. The number of carbonyl (C=O) groups excluding carboxylic acids is 4. The third kappa shape index (κ3) is 3.85. The SMILES string of the molecule is CCCCC=C1C(=O)C(=O)C(C)(C)[C@@H]2CC[C@]3(C)C(=CC(=O)[C@@H]4[C@@H]5CC(C)(C)CC[C@]5(C(=O)OC)CC[C@]43C)[C@@]12C. The van der Waals surface area contributed by atoms with Crippen LogP contribution in [0.4, 0.5) is 0 Å². The molecule has 7 atom stereocenters. The molecule has 0 bridgehead atoms. The molecule has 0 aromatic rings. The molecule has 0 saturated heterocycles. The largest absolute Gasteiger partial charge is 0.469 e. The zero-order valence-electron chi connectivity index (χ0n) is 27.0. The van der Waals surface area contributed by atoms with Crippen LogP contribution >= 0.6 is 0 Å². The predicted octanol–water partition coefficient (Wildman–Crippen LogP) is 7.61. The highest BCUT2D eigenvalue weighted by Crippen LogP contribution is 2.75. The van der Waals surface area contributed by atoms with E-state index in [1.165, 1.54) is 7.11 Å². The third-order valence-electron chi connectivity index (χ3n) is 13.5. The minimum absolute atomic E-state index is 0.0462. The second kappa shape index (κ2) is 9.48. The van der Waals surface area contributed by atoms with Gasteiger partial charge in [-0.1, -0.05) is 74.3 Å². The van der Waals surface area contributed by atoms with E-state index in [2.05, 4.69) is 41.5 Å². The molecule has 0 aromatic heterocycles. The van der Waals surface area contributed by atoms with Crippen LogP contribution in [-0.2, 0) is 23.9 Å². The molecule has 5 rings (SSSR count). The molecule has 226 valence electrons. The highest BCUT2D eigenvalue weighted by Gasteiger charge is 2.72. The van der Waals surface area contributed by atoms with Crippen LogP contribution in [0.3, 0.4) is 0 Å². The first-order valence-corrected chi connectivity index (χ1v) is 16.1. The Labute approximate surface area is 247 Å². The molecule has 5 heteroatoms. The van der Waals surface area contributed by atoms with Crippen molar-refractivity contribution in [1.82, 2.24) is 0 Å². The molecule has 4 saturated carbocycles. The Hall–Kier alpha value is -2.04. The van der Waals surface area contributed by atoms with Crippen LogP contribution in [0.5, 0.6) is 0 Å². The standard InChI is InChI=1S/C36H52O5/c1-10-11-12-13-22-28(38)29(39)32(4,5)25-14-15-33(6)26(35(22,25)8)20-24(37)27-23-21-31(2,3)16-18-36(23,30(40)41-9)19-17-34(27,33)7/h13,20,23,25,27H,10-12,14-19,21H2,1-9H3/t23-,25-,27-,33+,34+,35-,36-/m0/s1. The highest BCUT2D eigenvalue weighted by molar-refractivity contribution is 6.46. The lowest BCUT2D eigenvalue weighted by Gasteiger charge is -2.69. The zero-order chi connectivity index (χ0) is 30.4. The van der Waals surface area contributed by atoms with Crippen molar-refractivity contribution in [2.24, 2.45) is 50.2 Å². The van der Waals surface area contributed by atoms with Crippen molar-refractivity contribution in [3.05, 3.63) is 23.3 Å². The topological polar surface area (TPSA) is 77.5 Å². The average Bonchev–Trinajstić information content (AvgIpc) is 2.90. The summed E-state index contributed by atoms with van der Waals surface area (Å²) in [4.78, 5) is 55.5. The van der Waals surface area contributed by atoms with Crippen LogP contribution in [-0.4, -0.2) is 30.4 Å². The second-order valence-electron chi connectivity index (χ2n) is 16.2. The molecule has 0 aliphatic heterocycles. The summed E-state index contributed by atoms with van der Waals surface area (Å²) >= 11 is 0. The fourth-order valence-corrected chi connectivity index (χ4v) is 10.9. The van der Waals surface area contributed by atoms with E-state index >= 15 is 0 Å². The first-order valence-electron chi connectivity index (χ1n) is 16.1. The third-order valence-corrected chi connectivity index (χ3v) is 13.5. The number of Topliss-reactive ketones (excluding diaryl/α,β-unsaturated/α-hetero) is 2. The van der Waals surface area contributed by atoms with Gasteiger partial charge in [0.15, 0.2) is 5.78 Å². The Kier molecular flexibility index (Phi) is 7.03. The number of ketones is 3. The van der Waals surface area contributed by atoms with Crippen LogP contribution in [0, 0.1) is 50.2 Å². The molecule has 0 aromatic carbocycles. The lowest BCUT2D eigenvalue weighted by molar-refractivity contribution is -0.191. The van der Waals surface area contributed by atoms with Gasteiger partial charge >= 0.3 is 5.97 Å². The number of methoxy groups -OCH3 is 1. The number of fused-ring (bicyclic) bond motifs is 7. The molecule has 0 radical (unpaired) electrons. The summed E-state index contributed by atoms with van der Waals surface area (Å²) in [5.74, 6) is -1.09. The fourth-order valence-electron chi connectivity index (χ4n) is 10.9. The first kappa shape index (κ1) is 30.4. The summed E-state index contributed by atoms with van der Waals surface area (Å²) in [5.41, 5.74) is -1.06. The van der Waals surface area contributed by atoms with Crippen molar-refractivity contribution in [1.29, 1.82) is 0 Å². The molecule has 5 aliphatic carbocycles. The van der Waals surface area contributed by atoms with Gasteiger partial charge in [0.25, 0.3) is 0 Å². The predicted molar refractivity (Wildman–Crippen MR) is 160 cm³/mol. The van der Waals surface area contributed by atoms with Gasteiger partial charge in [-0.25, -0.2) is 0 Å². The van der Waals surface area contributed by atoms with E-state index in [-0.39, 0.29) is 57.3 Å². The van der Waals surface area contributed by atoms with E-state index in [9.17, 15) is 19.2 Å². The molecule has 5 nitrogen and oxygen atoms in total. The van der Waals surface area contributed by atoms with Crippen molar-refractivity contribution in [3.63, 3.8) is 0 Å². The van der Waals surface area contributed by atoms with Crippen LogP contribution in [0.15, 0.2) is 23.3 Å². The lowest BCUT2D eigenvalue weighted by atomic mass is 9.33. The number of unbranched alkanes of at least 4 members (excludes halogenated alkanes) is 2. The second-order valence-corrected chi connectivity index (χ2v) is 16.2. The summed E-state index contributed by atoms with van der Waals surface area (Å²) in [6, 6.07) is 0. The molecule has 0 unspecified atom stereocenters. The summed E-state index contributed by atoms with van der Waals surface area (Å²) in [5, 5.41) is 0. The molecular weight excluding hydrogens is 512 g/mol. The number of esters is 1. The quantitative estimate of drug-likeness (QED) is 0.152. The zero-order valence-corrected chi connectivity index (χ0v) is 27.0. The minimum Gasteiger partial charge on any atom is -0.469 e. The summed E-state index contributed by atoms with van der Waals surface area (Å²) in [6.45, 7) is 17.3. The smallest absolute Gasteiger partial charge is 0.312 e. The molecule has 0 amide bonds. The van der Waals surface area contributed by atoms with E-state index in [0.29, 0.717) is 5.57 Å². The van der Waals surface area contributed by atoms with E-state index < -0.39 is 16.2 Å². The van der Waals surface area contributed by atoms with Gasteiger partial charge in [0, 0.05) is 22.3 Å². The Morgan fingerprint density at radius 2 is 1.63 bits per heavy atom. The summed E-state index contributed by atoms with van der Waals surface area (Å²) in [7, 11) is 1.49. The molecule has 0 heterocycles. The lowest BCUT2D eigenvalue weighted by Crippen LogP contribution is -2.67. The van der Waals surface area contributed by atoms with Crippen LogP contribution < -0.4 is 0 Å². The summed E-state index contributed by atoms with van der Waals surface area (Å²) in [6.07, 6.45) is 12.4. The van der Waals surface area contributed by atoms with Crippen molar-refractivity contribution >= 4 is 23.3 Å². The van der Waals surface area contributed by atoms with Crippen molar-refractivity contribution in [3.8, 4) is 0 Å². The van der Waals surface area contributed by atoms with Gasteiger partial charge in [-0.05, 0) is 91.1 Å². The fraction of sp³-hybridized carbons (Fsp3) is 0.778. The Morgan fingerprint density at radius 3 is 2.27 bits per heavy atom. The van der Waals surface area contributed by atoms with Gasteiger partial charge in [-0.15, -0.1) is 0 Å². The number of rotatable bonds is 4. The number of carbonyl (C=O) groups is 4. The first-order chi connectivity index (χ1) is 19.0. The van der Waals surface area contributed by atoms with E-state index in [0.717, 1.165) is 69.8 Å². The van der Waals surface area contributed by atoms with Crippen LogP contribution in [0.25, 0.3) is 0 Å². The monoisotopic (exact) mass is 564 g/mol. The average molecular weight is 565 g/mol. The molecule has 41 heavy (non-hydrogen) atoms. The van der Waals surface area contributed by atoms with E-state index in [4.69, 9.17) is 4.74 Å². The number of ether oxygens (including phenoxy) is 1. The van der Waals surface area contributed by atoms with Crippen LogP contribution in [0.2, 0.25) is 0 Å². The Bertz CT molecular complexity index is 1250. The molecular formula is C36H52O5. The van der Waals surface area contributed by atoms with Gasteiger partial charge in [-0.3, -0.25) is 19.2 Å². The maximum absolute atomic E-state index is 14.6. The van der Waals surface area contributed by atoms with Gasteiger partial charge in [-0.2, -0.15) is 0 Å². The maximum Gasteiger partial charge on any atom is 0.312 e. The van der Waals surface area contributed by atoms with E-state index in [1.54, 1.807) is 0 Å².